The number of amides is 3. The summed E-state index contributed by atoms with van der Waals surface area (Å²) in [5.41, 5.74) is 0.588. The molecule has 32 heavy (non-hydrogen) atoms. The maximum Gasteiger partial charge on any atom is 0.416 e. The van der Waals surface area contributed by atoms with Crippen molar-refractivity contribution in [1.82, 2.24) is 10.6 Å². The summed E-state index contributed by atoms with van der Waals surface area (Å²) < 4.78 is 39.6. The molecule has 1 heterocycles. The van der Waals surface area contributed by atoms with Gasteiger partial charge in [0, 0.05) is 11.7 Å². The average molecular weight is 440 g/mol. The van der Waals surface area contributed by atoms with Gasteiger partial charge in [-0.05, 0) is 55.7 Å². The highest BCUT2D eigenvalue weighted by Gasteiger charge is 2.39. The number of carbonyl (C=O) groups excluding carboxylic acids is 2. The number of benzene rings is 2. The van der Waals surface area contributed by atoms with Gasteiger partial charge in [0.05, 0.1) is 34.5 Å². The standard InChI is InChI=1S/C23H19F3N4O2/c1-13-19(21(31)28-17-9-10-17)20(15-7-5-14(12-27)6-8-15)29-22(32)30(13)18-4-2-3-16(11-18)23(24,25)26/h2-8,11,17,20H,9-10H2,1H3,(H,28,31)(H,29,32). The van der Waals surface area contributed by atoms with E-state index in [1.54, 1.807) is 24.3 Å². The molecule has 1 fully saturated rings. The molecule has 3 amide bonds. The highest BCUT2D eigenvalue weighted by molar-refractivity contribution is 6.05. The van der Waals surface area contributed by atoms with Gasteiger partial charge in [-0.15, -0.1) is 0 Å². The molecular weight excluding hydrogens is 421 g/mol. The third-order valence-electron chi connectivity index (χ3n) is 5.45. The molecule has 0 bridgehead atoms. The highest BCUT2D eigenvalue weighted by atomic mass is 19.4. The van der Waals surface area contributed by atoms with Crippen LogP contribution in [0.4, 0.5) is 23.7 Å². The smallest absolute Gasteiger partial charge is 0.349 e. The maximum atomic E-state index is 13.2. The number of urea groups is 1. The van der Waals surface area contributed by atoms with Gasteiger partial charge in [-0.2, -0.15) is 18.4 Å². The van der Waals surface area contributed by atoms with Crippen LogP contribution in [0.3, 0.4) is 0 Å². The number of hydrogen-bond donors (Lipinski definition) is 2. The van der Waals surface area contributed by atoms with Gasteiger partial charge >= 0.3 is 12.2 Å². The zero-order valence-corrected chi connectivity index (χ0v) is 17.0. The molecule has 1 unspecified atom stereocenters. The lowest BCUT2D eigenvalue weighted by atomic mass is 9.93. The Labute approximate surface area is 182 Å². The Kier molecular flexibility index (Phi) is 5.38. The van der Waals surface area contributed by atoms with Crippen LogP contribution in [0.2, 0.25) is 0 Å². The molecule has 164 valence electrons. The van der Waals surface area contributed by atoms with Gasteiger partial charge < -0.3 is 10.6 Å². The van der Waals surface area contributed by atoms with Crippen LogP contribution < -0.4 is 15.5 Å². The van der Waals surface area contributed by atoms with Gasteiger partial charge in [-0.25, -0.2) is 4.79 Å². The number of nitrogens with one attached hydrogen (secondary N) is 2. The van der Waals surface area contributed by atoms with Crippen LogP contribution >= 0.6 is 0 Å². The van der Waals surface area contributed by atoms with E-state index in [4.69, 9.17) is 5.26 Å². The molecule has 2 N–H and O–H groups in total. The molecule has 2 aliphatic rings. The summed E-state index contributed by atoms with van der Waals surface area (Å²) in [4.78, 5) is 27.2. The van der Waals surface area contributed by atoms with Crippen molar-refractivity contribution in [3.8, 4) is 6.07 Å². The topological polar surface area (TPSA) is 85.2 Å². The van der Waals surface area contributed by atoms with Gasteiger partial charge in [0.25, 0.3) is 5.91 Å². The molecule has 2 aromatic carbocycles. The van der Waals surface area contributed by atoms with E-state index in [0.29, 0.717) is 11.1 Å². The lowest BCUT2D eigenvalue weighted by molar-refractivity contribution is -0.137. The van der Waals surface area contributed by atoms with Crippen LogP contribution in [-0.2, 0) is 11.0 Å². The Morgan fingerprint density at radius 2 is 1.88 bits per heavy atom. The van der Waals surface area contributed by atoms with E-state index in [2.05, 4.69) is 10.6 Å². The molecule has 0 spiro atoms. The average Bonchev–Trinajstić information content (AvgIpc) is 3.57. The summed E-state index contributed by atoms with van der Waals surface area (Å²) in [5.74, 6) is -0.392. The van der Waals surface area contributed by atoms with Crippen molar-refractivity contribution in [2.45, 2.75) is 38.0 Å². The number of alkyl halides is 3. The zero-order valence-electron chi connectivity index (χ0n) is 17.0. The van der Waals surface area contributed by atoms with Crippen molar-refractivity contribution in [1.29, 1.82) is 5.26 Å². The van der Waals surface area contributed by atoms with Crippen molar-refractivity contribution < 1.29 is 22.8 Å². The maximum absolute atomic E-state index is 13.2. The third-order valence-corrected chi connectivity index (χ3v) is 5.45. The van der Waals surface area contributed by atoms with Gasteiger partial charge in [0.2, 0.25) is 0 Å². The monoisotopic (exact) mass is 440 g/mol. The van der Waals surface area contributed by atoms with E-state index in [1.807, 2.05) is 6.07 Å². The van der Waals surface area contributed by atoms with Crippen molar-refractivity contribution in [2.75, 3.05) is 4.90 Å². The van der Waals surface area contributed by atoms with Gasteiger partial charge in [-0.1, -0.05) is 18.2 Å². The number of hydrogen-bond acceptors (Lipinski definition) is 3. The Hall–Kier alpha value is -3.80. The molecule has 2 aromatic rings. The quantitative estimate of drug-likeness (QED) is 0.739. The Bertz CT molecular complexity index is 1150. The molecule has 9 heteroatoms. The van der Waals surface area contributed by atoms with Crippen LogP contribution in [0.15, 0.2) is 59.8 Å². The summed E-state index contributed by atoms with van der Waals surface area (Å²) in [5, 5.41) is 14.7. The SMILES string of the molecule is CC1=C(C(=O)NC2CC2)C(c2ccc(C#N)cc2)NC(=O)N1c1cccc(C(F)(F)F)c1. The van der Waals surface area contributed by atoms with Crippen LogP contribution in [0, 0.1) is 11.3 Å². The second-order valence-electron chi connectivity index (χ2n) is 7.75. The van der Waals surface area contributed by atoms with E-state index < -0.39 is 29.7 Å². The minimum atomic E-state index is -4.57. The largest absolute Gasteiger partial charge is 0.416 e. The molecule has 4 rings (SSSR count). The van der Waals surface area contributed by atoms with Gasteiger partial charge in [0.1, 0.15) is 0 Å². The van der Waals surface area contributed by atoms with Crippen molar-refractivity contribution in [2.24, 2.45) is 0 Å². The second kappa shape index (κ2) is 8.04. The zero-order chi connectivity index (χ0) is 23.0. The summed E-state index contributed by atoms with van der Waals surface area (Å²) >= 11 is 0. The van der Waals surface area contributed by atoms with E-state index >= 15 is 0 Å². The number of allylic oxidation sites excluding steroid dienone is 1. The van der Waals surface area contributed by atoms with Crippen molar-refractivity contribution in [3.63, 3.8) is 0 Å². The predicted molar refractivity (Wildman–Crippen MR) is 110 cm³/mol. The molecule has 0 radical (unpaired) electrons. The van der Waals surface area contributed by atoms with E-state index in [-0.39, 0.29) is 23.0 Å². The minimum absolute atomic E-state index is 0.00447. The van der Waals surface area contributed by atoms with Crippen LogP contribution in [0.25, 0.3) is 0 Å². The lowest BCUT2D eigenvalue weighted by Crippen LogP contribution is -2.49. The van der Waals surface area contributed by atoms with Crippen molar-refractivity contribution in [3.05, 3.63) is 76.5 Å². The normalized spacial score (nSPS) is 18.8. The summed E-state index contributed by atoms with van der Waals surface area (Å²) in [6.07, 6.45) is -2.87. The fourth-order valence-corrected chi connectivity index (χ4v) is 3.66. The fraction of sp³-hybridized carbons (Fsp3) is 0.261. The first-order valence-electron chi connectivity index (χ1n) is 9.98. The first-order chi connectivity index (χ1) is 15.2. The Balaban J connectivity index is 1.80. The summed E-state index contributed by atoms with van der Waals surface area (Å²) in [7, 11) is 0. The molecule has 1 aliphatic carbocycles. The van der Waals surface area contributed by atoms with E-state index in [9.17, 15) is 22.8 Å². The number of anilines is 1. The number of carbonyl (C=O) groups is 2. The fourth-order valence-electron chi connectivity index (χ4n) is 3.66. The molecule has 0 saturated heterocycles. The molecule has 6 nitrogen and oxygen atoms in total. The third kappa shape index (κ3) is 4.17. The summed E-state index contributed by atoms with van der Waals surface area (Å²) in [6.45, 7) is 1.54. The molecule has 1 atom stereocenters. The Morgan fingerprint density at radius 3 is 2.47 bits per heavy atom. The number of nitriles is 1. The van der Waals surface area contributed by atoms with Crippen LogP contribution in [0.1, 0.15) is 42.5 Å². The van der Waals surface area contributed by atoms with Crippen LogP contribution in [0.5, 0.6) is 0 Å². The predicted octanol–water partition coefficient (Wildman–Crippen LogP) is 4.40. The highest BCUT2D eigenvalue weighted by Crippen LogP contribution is 2.37. The van der Waals surface area contributed by atoms with Gasteiger partial charge in [0.15, 0.2) is 0 Å². The summed E-state index contributed by atoms with van der Waals surface area (Å²) in [6, 6.07) is 11.4. The number of rotatable bonds is 4. The molecule has 0 aromatic heterocycles. The van der Waals surface area contributed by atoms with Crippen molar-refractivity contribution >= 4 is 17.6 Å². The first kappa shape index (κ1) is 21.4. The minimum Gasteiger partial charge on any atom is -0.349 e. The first-order valence-corrected chi connectivity index (χ1v) is 9.98. The second-order valence-corrected chi connectivity index (χ2v) is 7.75. The van der Waals surface area contributed by atoms with E-state index in [1.165, 1.54) is 19.1 Å². The number of nitrogens with zero attached hydrogens (tertiary/aromatic N) is 2. The Morgan fingerprint density at radius 1 is 1.19 bits per heavy atom. The molecule has 1 saturated carbocycles. The van der Waals surface area contributed by atoms with E-state index in [0.717, 1.165) is 29.9 Å². The van der Waals surface area contributed by atoms with Crippen LogP contribution in [-0.4, -0.2) is 18.0 Å². The van der Waals surface area contributed by atoms with Gasteiger partial charge in [-0.3, -0.25) is 9.69 Å². The lowest BCUT2D eigenvalue weighted by Gasteiger charge is -2.36. The molecular formula is C23H19F3N4O2. The number of halogens is 3. The molecule has 1 aliphatic heterocycles.